The molecule has 0 bridgehead atoms. The average Bonchev–Trinajstić information content (AvgIpc) is 3.49. The van der Waals surface area contributed by atoms with Gasteiger partial charge in [-0.3, -0.25) is 0 Å². The normalized spacial score (nSPS) is 13.1. The van der Waals surface area contributed by atoms with E-state index in [1.165, 1.54) is 174 Å². The van der Waals surface area contributed by atoms with Crippen LogP contribution in [0.4, 0.5) is 0 Å². The van der Waals surface area contributed by atoms with Gasteiger partial charge in [-0.05, 0) is 201 Å². The van der Waals surface area contributed by atoms with Crippen molar-refractivity contribution in [3.05, 3.63) is 243 Å². The van der Waals surface area contributed by atoms with E-state index >= 15 is 0 Å². The monoisotopic (exact) mass is 926 g/mol. The lowest BCUT2D eigenvalue weighted by Crippen LogP contribution is -2.55. The number of hydrogen-bond acceptors (Lipinski definition) is 0. The van der Waals surface area contributed by atoms with Crippen molar-refractivity contribution in [2.75, 3.05) is 0 Å². The van der Waals surface area contributed by atoms with Crippen LogP contribution < -0.4 is 32.8 Å². The van der Waals surface area contributed by atoms with Gasteiger partial charge >= 0.3 is 0 Å². The molecule has 0 fully saturated rings. The summed E-state index contributed by atoms with van der Waals surface area (Å²) in [7, 11) is 0. The highest BCUT2D eigenvalue weighted by molar-refractivity contribution is 7.00. The van der Waals surface area contributed by atoms with Gasteiger partial charge in [0.15, 0.2) is 0 Å². The van der Waals surface area contributed by atoms with Crippen molar-refractivity contribution in [3.8, 4) is 22.3 Å². The predicted molar refractivity (Wildman–Crippen MR) is 323 cm³/mol. The van der Waals surface area contributed by atoms with Crippen molar-refractivity contribution in [1.82, 2.24) is 0 Å². The van der Waals surface area contributed by atoms with Crippen molar-refractivity contribution in [1.29, 1.82) is 0 Å². The van der Waals surface area contributed by atoms with E-state index in [1.54, 1.807) is 0 Å². The third kappa shape index (κ3) is 5.39. The second-order valence-corrected chi connectivity index (χ2v) is 21.6. The number of hydrogen-bond donors (Lipinski definition) is 0. The Hall–Kier alpha value is -9.23. The fraction of sp³-hybridized carbons (Fsp3) is 0. The van der Waals surface area contributed by atoms with Gasteiger partial charge in [-0.1, -0.05) is 215 Å². The Bertz CT molecular complexity index is 4890. The van der Waals surface area contributed by atoms with E-state index in [0.29, 0.717) is 0 Å². The first-order chi connectivity index (χ1) is 36.6. The smallest absolute Gasteiger partial charge is 0.0680 e. The maximum absolute atomic E-state index is 2.59. The highest BCUT2D eigenvalue weighted by atomic mass is 14.3. The summed E-state index contributed by atoms with van der Waals surface area (Å²) in [4.78, 5) is 0. The van der Waals surface area contributed by atoms with Crippen LogP contribution in [0, 0.1) is 0 Å². The first kappa shape index (κ1) is 39.4. The van der Waals surface area contributed by atoms with Gasteiger partial charge in [-0.25, -0.2) is 0 Å². The maximum atomic E-state index is 2.59. The molecule has 0 saturated carbocycles. The zero-order valence-corrected chi connectivity index (χ0v) is 40.2. The molecule has 18 rings (SSSR count). The van der Waals surface area contributed by atoms with Crippen LogP contribution in [0.15, 0.2) is 243 Å². The average molecular weight is 927 g/mol. The lowest BCUT2D eigenvalue weighted by atomic mass is 9.32. The van der Waals surface area contributed by atoms with E-state index in [-0.39, 0.29) is 13.4 Å². The lowest BCUT2D eigenvalue weighted by molar-refractivity contribution is 1.70. The Kier molecular flexibility index (Phi) is 7.59. The highest BCUT2D eigenvalue weighted by Crippen LogP contribution is 2.45. The zero-order chi connectivity index (χ0) is 47.9. The molecule has 0 amide bonds. The zero-order valence-electron chi connectivity index (χ0n) is 40.2. The van der Waals surface area contributed by atoms with Gasteiger partial charge < -0.3 is 0 Å². The largest absolute Gasteiger partial charge is 0.242 e. The molecule has 0 aromatic heterocycles. The maximum Gasteiger partial charge on any atom is 0.242 e. The minimum atomic E-state index is 0.0219. The van der Waals surface area contributed by atoms with Crippen molar-refractivity contribution >= 4 is 165 Å². The molecule has 16 aromatic rings. The summed E-state index contributed by atoms with van der Waals surface area (Å²) in [6.45, 7) is 0.0438. The molecule has 0 atom stereocenters. The lowest BCUT2D eigenvalue weighted by Gasteiger charge is -2.33. The second-order valence-electron chi connectivity index (χ2n) is 21.6. The van der Waals surface area contributed by atoms with Crippen molar-refractivity contribution in [2.45, 2.75) is 0 Å². The van der Waals surface area contributed by atoms with Crippen LogP contribution in [0.25, 0.3) is 141 Å². The summed E-state index contributed by atoms with van der Waals surface area (Å²) in [5.74, 6) is 0. The van der Waals surface area contributed by atoms with Gasteiger partial charge in [0.05, 0.1) is 0 Å². The molecule has 0 nitrogen and oxygen atoms in total. The standard InChI is InChI=1S/C72H40B2/c1-3-11-43-27-53-33-59(21-17-49(53)25-41(43)9-1)73-65-39-57-31-47-15-7-5-13-45(47)29-55(57)35-63(65)61-23-20-52-38-68-72-62(24-19-51-37-67(73)71(61)69(52)70(51)72)64-36-56-30-46-14-6-8-16-48(46)32-58(56)40-66(64)74(68)60-22-18-50-26-42-10-2-4-12-44(42)28-54(50)34-60/h1-40H. The molecule has 2 heteroatoms. The molecule has 0 N–H and O–H groups in total. The number of rotatable bonds is 2. The SMILES string of the molecule is c1ccc2cc3cc(B4c5cc6cc7ccccc7cc6cc5-c5ccc6cc7c8c(ccc9cc4c5c6c98)-c4cc5cc6ccccc6cc5cc4B7c4ccc5cc6ccccc6cc5c4)ccc3cc2c1. The molecule has 2 aliphatic heterocycles. The number of fused-ring (bicyclic) bond motifs is 12. The fourth-order valence-corrected chi connectivity index (χ4v) is 14.3. The molecular formula is C72H40B2. The van der Waals surface area contributed by atoms with Crippen LogP contribution >= 0.6 is 0 Å². The quantitative estimate of drug-likeness (QED) is 0.0921. The Balaban J connectivity index is 0.947. The summed E-state index contributed by atoms with van der Waals surface area (Å²) in [5.41, 5.74) is 13.5. The fourth-order valence-electron chi connectivity index (χ4n) is 14.3. The summed E-state index contributed by atoms with van der Waals surface area (Å²) >= 11 is 0. The van der Waals surface area contributed by atoms with Gasteiger partial charge in [-0.2, -0.15) is 0 Å². The number of benzene rings is 16. The van der Waals surface area contributed by atoms with E-state index in [4.69, 9.17) is 0 Å². The molecule has 2 heterocycles. The van der Waals surface area contributed by atoms with Gasteiger partial charge in [0, 0.05) is 0 Å². The minimum absolute atomic E-state index is 0.0219. The molecule has 334 valence electrons. The van der Waals surface area contributed by atoms with E-state index in [2.05, 4.69) is 243 Å². The van der Waals surface area contributed by atoms with Crippen LogP contribution in [0.5, 0.6) is 0 Å². The van der Waals surface area contributed by atoms with Crippen LogP contribution in [-0.2, 0) is 0 Å². The molecule has 0 radical (unpaired) electrons. The van der Waals surface area contributed by atoms with E-state index < -0.39 is 0 Å². The summed E-state index contributed by atoms with van der Waals surface area (Å²) < 4.78 is 0. The van der Waals surface area contributed by atoms with Gasteiger partial charge in [0.1, 0.15) is 0 Å². The van der Waals surface area contributed by atoms with E-state index in [0.717, 1.165) is 0 Å². The van der Waals surface area contributed by atoms with Crippen molar-refractivity contribution in [2.24, 2.45) is 0 Å². The van der Waals surface area contributed by atoms with Crippen LogP contribution in [0.1, 0.15) is 0 Å². The molecule has 2 aliphatic rings. The third-order valence-electron chi connectivity index (χ3n) is 17.6. The molecule has 0 saturated heterocycles. The molecule has 0 unspecified atom stereocenters. The Morgan fingerprint density at radius 1 is 0.162 bits per heavy atom. The molecule has 16 aromatic carbocycles. The van der Waals surface area contributed by atoms with Gasteiger partial charge in [-0.15, -0.1) is 0 Å². The molecule has 74 heavy (non-hydrogen) atoms. The Morgan fingerprint density at radius 2 is 0.432 bits per heavy atom. The molecule has 0 spiro atoms. The Labute approximate surface area is 427 Å². The second kappa shape index (κ2) is 14.3. The summed E-state index contributed by atoms with van der Waals surface area (Å²) in [5, 5.41) is 28.6. The summed E-state index contributed by atoms with van der Waals surface area (Å²) in [6.07, 6.45) is 0. The topological polar surface area (TPSA) is 0 Å². The molecule has 0 aliphatic carbocycles. The van der Waals surface area contributed by atoms with Crippen molar-refractivity contribution < 1.29 is 0 Å². The van der Waals surface area contributed by atoms with Crippen LogP contribution in [-0.4, -0.2) is 13.4 Å². The Morgan fingerprint density at radius 3 is 0.784 bits per heavy atom. The first-order valence-corrected chi connectivity index (χ1v) is 26.2. The van der Waals surface area contributed by atoms with Crippen molar-refractivity contribution in [3.63, 3.8) is 0 Å². The highest BCUT2D eigenvalue weighted by Gasteiger charge is 2.38. The van der Waals surface area contributed by atoms with Gasteiger partial charge in [0.25, 0.3) is 0 Å². The van der Waals surface area contributed by atoms with E-state index in [9.17, 15) is 0 Å². The van der Waals surface area contributed by atoms with E-state index in [1.807, 2.05) is 0 Å². The third-order valence-corrected chi connectivity index (χ3v) is 17.6. The van der Waals surface area contributed by atoms with Crippen LogP contribution in [0.3, 0.4) is 0 Å². The predicted octanol–water partition coefficient (Wildman–Crippen LogP) is 14.8. The molecular weight excluding hydrogens is 886 g/mol. The van der Waals surface area contributed by atoms with Gasteiger partial charge in [0.2, 0.25) is 13.4 Å². The first-order valence-electron chi connectivity index (χ1n) is 26.2. The van der Waals surface area contributed by atoms with Crippen LogP contribution in [0.2, 0.25) is 0 Å². The summed E-state index contributed by atoms with van der Waals surface area (Å²) in [6, 6.07) is 93.9. The minimum Gasteiger partial charge on any atom is -0.0680 e.